The van der Waals surface area contributed by atoms with E-state index in [0.717, 1.165) is 44.7 Å². The average Bonchev–Trinajstić information content (AvgIpc) is 2.96. The Morgan fingerprint density at radius 1 is 1.17 bits per heavy atom. The number of benzene rings is 1. The maximum atomic E-state index is 12.7. The lowest BCUT2D eigenvalue weighted by Gasteiger charge is -2.09. The minimum absolute atomic E-state index is 0.350. The number of imidazole rings is 1. The zero-order chi connectivity index (χ0) is 17.4. The lowest BCUT2D eigenvalue weighted by Crippen LogP contribution is -2.10. The zero-order valence-electron chi connectivity index (χ0n) is 14.6. The van der Waals surface area contributed by atoms with Gasteiger partial charge in [0.15, 0.2) is 5.75 Å². The predicted molar refractivity (Wildman–Crippen MR) is 95.9 cm³/mol. The zero-order valence-corrected chi connectivity index (χ0v) is 15.4. The smallest absolute Gasteiger partial charge is 0.322 e. The first kappa shape index (κ1) is 16.8. The molecule has 1 atom stereocenters. The molecule has 0 aliphatic heterocycles. The van der Waals surface area contributed by atoms with Crippen molar-refractivity contribution in [3.8, 4) is 5.75 Å². The molecule has 1 N–H and O–H groups in total. The van der Waals surface area contributed by atoms with E-state index >= 15 is 0 Å². The number of fused-ring (bicyclic) bond motifs is 1. The van der Waals surface area contributed by atoms with Crippen LogP contribution >= 0.6 is 0 Å². The SMILES string of the molecule is COc1c(C)cc2[nH]c([S+]([O-])Cc3nccc(C)c3C)nc2c1C. The van der Waals surface area contributed by atoms with Gasteiger partial charge in [0.05, 0.1) is 18.3 Å². The van der Waals surface area contributed by atoms with Crippen molar-refractivity contribution in [2.24, 2.45) is 0 Å². The number of aromatic amines is 1. The van der Waals surface area contributed by atoms with Crippen LogP contribution in [-0.2, 0) is 16.9 Å². The summed E-state index contributed by atoms with van der Waals surface area (Å²) in [4.78, 5) is 12.1. The van der Waals surface area contributed by atoms with Gasteiger partial charge in [0.1, 0.15) is 11.3 Å². The lowest BCUT2D eigenvalue weighted by molar-refractivity contribution is 0.409. The molecule has 0 saturated heterocycles. The van der Waals surface area contributed by atoms with Crippen LogP contribution in [0.15, 0.2) is 23.5 Å². The van der Waals surface area contributed by atoms with Gasteiger partial charge >= 0.3 is 5.16 Å². The number of nitrogens with one attached hydrogen (secondary N) is 1. The van der Waals surface area contributed by atoms with E-state index < -0.39 is 11.2 Å². The Kier molecular flexibility index (Phi) is 4.51. The van der Waals surface area contributed by atoms with E-state index in [1.54, 1.807) is 13.3 Å². The first-order chi connectivity index (χ1) is 11.4. The van der Waals surface area contributed by atoms with Crippen LogP contribution in [0.1, 0.15) is 27.9 Å². The lowest BCUT2D eigenvalue weighted by atomic mass is 10.1. The van der Waals surface area contributed by atoms with Gasteiger partial charge in [-0.1, -0.05) is 0 Å². The molecule has 0 bridgehead atoms. The van der Waals surface area contributed by atoms with Crippen LogP contribution in [0.2, 0.25) is 0 Å². The van der Waals surface area contributed by atoms with Crippen molar-refractivity contribution in [3.05, 3.63) is 46.3 Å². The monoisotopic (exact) mass is 343 g/mol. The maximum absolute atomic E-state index is 12.7. The van der Waals surface area contributed by atoms with Gasteiger partial charge in [-0.05, 0) is 56.5 Å². The summed E-state index contributed by atoms with van der Waals surface area (Å²) in [5.41, 5.74) is 6.74. The van der Waals surface area contributed by atoms with E-state index in [9.17, 15) is 4.55 Å². The third-order valence-corrected chi connectivity index (χ3v) is 5.55. The minimum Gasteiger partial charge on any atom is -0.609 e. The fourth-order valence-corrected chi connectivity index (χ4v) is 3.98. The van der Waals surface area contributed by atoms with E-state index in [1.807, 2.05) is 39.8 Å². The molecule has 0 fully saturated rings. The third kappa shape index (κ3) is 2.87. The highest BCUT2D eigenvalue weighted by atomic mass is 32.2. The molecule has 3 aromatic rings. The summed E-state index contributed by atoms with van der Waals surface area (Å²) in [6, 6.07) is 3.94. The first-order valence-corrected chi connectivity index (χ1v) is 9.07. The van der Waals surface area contributed by atoms with Gasteiger partial charge in [-0.15, -0.1) is 0 Å². The molecule has 2 heterocycles. The standard InChI is InChI=1S/C18H21N3O2S/c1-10-6-7-19-15(12(10)3)9-24(22)18-20-14-8-11(2)17(23-5)13(4)16(14)21-18/h6-8H,9H2,1-5H3,(H,20,21). The summed E-state index contributed by atoms with van der Waals surface area (Å²) in [6.07, 6.45) is 1.76. The van der Waals surface area contributed by atoms with Crippen molar-refractivity contribution >= 4 is 22.2 Å². The molecular formula is C18H21N3O2S. The fraction of sp³-hybridized carbons (Fsp3) is 0.333. The number of ether oxygens (including phenoxy) is 1. The minimum atomic E-state index is -1.28. The summed E-state index contributed by atoms with van der Waals surface area (Å²) in [7, 11) is 1.65. The maximum Gasteiger partial charge on any atom is 0.322 e. The molecule has 2 aromatic heterocycles. The van der Waals surface area contributed by atoms with Crippen molar-refractivity contribution in [3.63, 3.8) is 0 Å². The molecule has 1 unspecified atom stereocenters. The average molecular weight is 343 g/mol. The second kappa shape index (κ2) is 6.45. The largest absolute Gasteiger partial charge is 0.609 e. The molecule has 0 aliphatic rings. The van der Waals surface area contributed by atoms with Gasteiger partial charge < -0.3 is 9.29 Å². The van der Waals surface area contributed by atoms with Crippen molar-refractivity contribution in [1.29, 1.82) is 0 Å². The van der Waals surface area contributed by atoms with Crippen LogP contribution in [0, 0.1) is 27.7 Å². The van der Waals surface area contributed by atoms with E-state index in [1.165, 1.54) is 0 Å². The Morgan fingerprint density at radius 3 is 2.62 bits per heavy atom. The molecule has 5 nitrogen and oxygen atoms in total. The number of hydrogen-bond acceptors (Lipinski definition) is 4. The first-order valence-electron chi connectivity index (χ1n) is 7.75. The normalized spacial score (nSPS) is 12.6. The third-order valence-electron chi connectivity index (χ3n) is 4.39. The molecule has 0 saturated carbocycles. The molecule has 0 spiro atoms. The number of aromatic nitrogens is 3. The number of aryl methyl sites for hydroxylation is 3. The molecule has 3 rings (SSSR count). The highest BCUT2D eigenvalue weighted by molar-refractivity contribution is 7.90. The van der Waals surface area contributed by atoms with Crippen molar-refractivity contribution < 1.29 is 9.29 Å². The van der Waals surface area contributed by atoms with Crippen molar-refractivity contribution in [2.75, 3.05) is 7.11 Å². The predicted octanol–water partition coefficient (Wildman–Crippen LogP) is 3.51. The molecule has 6 heteroatoms. The quantitative estimate of drug-likeness (QED) is 0.736. The van der Waals surface area contributed by atoms with Gasteiger partial charge in [-0.25, -0.2) is 0 Å². The molecule has 0 radical (unpaired) electrons. The number of nitrogens with zero attached hydrogens (tertiary/aromatic N) is 2. The fourth-order valence-electron chi connectivity index (χ4n) is 2.89. The summed E-state index contributed by atoms with van der Waals surface area (Å²) in [5.74, 6) is 1.17. The van der Waals surface area contributed by atoms with E-state index in [-0.39, 0.29) is 0 Å². The Morgan fingerprint density at radius 2 is 1.92 bits per heavy atom. The van der Waals surface area contributed by atoms with E-state index in [4.69, 9.17) is 4.74 Å². The Balaban J connectivity index is 1.97. The van der Waals surface area contributed by atoms with Crippen LogP contribution in [0.3, 0.4) is 0 Å². The summed E-state index contributed by atoms with van der Waals surface area (Å²) in [6.45, 7) is 7.99. The molecule has 24 heavy (non-hydrogen) atoms. The summed E-state index contributed by atoms with van der Waals surface area (Å²) < 4.78 is 18.2. The van der Waals surface area contributed by atoms with Gasteiger partial charge in [0, 0.05) is 22.9 Å². The molecule has 0 amide bonds. The highest BCUT2D eigenvalue weighted by Crippen LogP contribution is 2.31. The van der Waals surface area contributed by atoms with E-state index in [2.05, 4.69) is 15.0 Å². The van der Waals surface area contributed by atoms with Crippen molar-refractivity contribution in [2.45, 2.75) is 38.6 Å². The van der Waals surface area contributed by atoms with Crippen LogP contribution in [-0.4, -0.2) is 26.6 Å². The number of H-pyrrole nitrogens is 1. The van der Waals surface area contributed by atoms with Gasteiger partial charge in [0.25, 0.3) is 0 Å². The second-order valence-corrected chi connectivity index (χ2v) is 7.35. The molecule has 1 aromatic carbocycles. The Labute approximate surface area is 144 Å². The van der Waals surface area contributed by atoms with Crippen LogP contribution in [0.25, 0.3) is 11.0 Å². The van der Waals surface area contributed by atoms with Gasteiger partial charge in [0.2, 0.25) is 0 Å². The van der Waals surface area contributed by atoms with Gasteiger partial charge in [-0.3, -0.25) is 9.97 Å². The topological polar surface area (TPSA) is 73.9 Å². The Hall–Kier alpha value is -2.05. The van der Waals surface area contributed by atoms with Crippen LogP contribution in [0.4, 0.5) is 0 Å². The van der Waals surface area contributed by atoms with E-state index in [0.29, 0.717) is 10.9 Å². The molecular weight excluding hydrogens is 322 g/mol. The number of rotatable bonds is 4. The summed E-state index contributed by atoms with van der Waals surface area (Å²) in [5, 5.41) is 0.475. The number of methoxy groups -OCH3 is 1. The summed E-state index contributed by atoms with van der Waals surface area (Å²) >= 11 is -1.28. The highest BCUT2D eigenvalue weighted by Gasteiger charge is 2.21. The number of hydrogen-bond donors (Lipinski definition) is 1. The second-order valence-electron chi connectivity index (χ2n) is 5.98. The molecule has 126 valence electrons. The van der Waals surface area contributed by atoms with Crippen molar-refractivity contribution in [1.82, 2.24) is 15.0 Å². The molecule has 0 aliphatic carbocycles. The number of pyridine rings is 1. The Bertz CT molecular complexity index is 905. The van der Waals surface area contributed by atoms with Crippen LogP contribution < -0.4 is 4.74 Å². The van der Waals surface area contributed by atoms with Gasteiger partial charge in [-0.2, -0.15) is 4.98 Å². The van der Waals surface area contributed by atoms with Crippen LogP contribution in [0.5, 0.6) is 5.75 Å².